The molecule has 0 spiro atoms. The average Bonchev–Trinajstić information content (AvgIpc) is 2.38. The van der Waals surface area contributed by atoms with Gasteiger partial charge in [0.05, 0.1) is 15.7 Å². The van der Waals surface area contributed by atoms with E-state index in [0.717, 1.165) is 0 Å². The number of para-hydroxylation sites is 1. The van der Waals surface area contributed by atoms with E-state index < -0.39 is 12.0 Å². The second-order valence-electron chi connectivity index (χ2n) is 3.91. The summed E-state index contributed by atoms with van der Waals surface area (Å²) in [6.07, 6.45) is 0.221. The van der Waals surface area contributed by atoms with E-state index in [1.165, 1.54) is 11.8 Å². The highest BCUT2D eigenvalue weighted by atomic mass is 35.5. The zero-order chi connectivity index (χ0) is 15.1. The van der Waals surface area contributed by atoms with Crippen LogP contribution < -0.4 is 11.1 Å². The van der Waals surface area contributed by atoms with Gasteiger partial charge in [0.15, 0.2) is 0 Å². The van der Waals surface area contributed by atoms with Crippen LogP contribution in [0.1, 0.15) is 6.42 Å². The molecule has 0 saturated carbocycles. The molecule has 0 saturated heterocycles. The lowest BCUT2D eigenvalue weighted by Gasteiger charge is -2.09. The summed E-state index contributed by atoms with van der Waals surface area (Å²) in [5.41, 5.74) is 5.72. The zero-order valence-corrected chi connectivity index (χ0v) is 12.8. The van der Waals surface area contributed by atoms with Crippen LogP contribution in [0.2, 0.25) is 10.0 Å². The first-order chi connectivity index (χ1) is 9.41. The number of aliphatic carboxylic acids is 1. The van der Waals surface area contributed by atoms with Crippen molar-refractivity contribution in [3.05, 3.63) is 28.2 Å². The molecular formula is C12H14Cl2N2O3S. The van der Waals surface area contributed by atoms with Crippen LogP contribution in [0.4, 0.5) is 5.69 Å². The van der Waals surface area contributed by atoms with Gasteiger partial charge < -0.3 is 16.2 Å². The predicted octanol–water partition coefficient (Wildman–Crippen LogP) is 2.47. The number of halogens is 2. The largest absolute Gasteiger partial charge is 0.480 e. The second-order valence-corrected chi connectivity index (χ2v) is 5.88. The standard InChI is InChI=1S/C12H14Cl2N2O3S/c13-7-2-1-3-8(14)11(7)16-10(17)4-5-20-6-9(15)12(18)19/h1-3,9H,4-6,15H2,(H,16,17)(H,18,19)/t9-/m0/s1. The number of carbonyl (C=O) groups excluding carboxylic acids is 1. The molecule has 1 atom stereocenters. The molecule has 1 aromatic carbocycles. The first-order valence-corrected chi connectivity index (χ1v) is 7.63. The molecule has 0 unspecified atom stereocenters. The number of nitrogens with two attached hydrogens (primary N) is 1. The SMILES string of the molecule is N[C@@H](CSCCC(=O)Nc1c(Cl)cccc1Cl)C(=O)O. The van der Waals surface area contributed by atoms with Crippen molar-refractivity contribution in [2.75, 3.05) is 16.8 Å². The van der Waals surface area contributed by atoms with Gasteiger partial charge in [0.2, 0.25) is 5.91 Å². The number of hydrogen-bond acceptors (Lipinski definition) is 4. The normalized spacial score (nSPS) is 11.9. The number of hydrogen-bond donors (Lipinski definition) is 3. The van der Waals surface area contributed by atoms with Gasteiger partial charge in [-0.15, -0.1) is 0 Å². The van der Waals surface area contributed by atoms with Crippen molar-refractivity contribution in [3.63, 3.8) is 0 Å². The van der Waals surface area contributed by atoms with Gasteiger partial charge in [0.25, 0.3) is 0 Å². The fourth-order valence-electron chi connectivity index (χ4n) is 1.27. The number of carboxylic acids is 1. The number of rotatable bonds is 7. The number of carbonyl (C=O) groups is 2. The van der Waals surface area contributed by atoms with Crippen LogP contribution in [0, 0.1) is 0 Å². The van der Waals surface area contributed by atoms with E-state index in [9.17, 15) is 9.59 Å². The lowest BCUT2D eigenvalue weighted by molar-refractivity contribution is -0.137. The summed E-state index contributed by atoms with van der Waals surface area (Å²) in [7, 11) is 0. The quantitative estimate of drug-likeness (QED) is 0.665. The van der Waals surface area contributed by atoms with E-state index in [4.69, 9.17) is 34.0 Å². The fourth-order valence-corrected chi connectivity index (χ4v) is 2.65. The van der Waals surface area contributed by atoms with Crippen LogP contribution in [-0.4, -0.2) is 34.5 Å². The Morgan fingerprint density at radius 1 is 1.35 bits per heavy atom. The molecular weight excluding hydrogens is 323 g/mol. The Morgan fingerprint density at radius 2 is 1.95 bits per heavy atom. The molecule has 0 aromatic heterocycles. The van der Waals surface area contributed by atoms with Crippen molar-refractivity contribution in [1.29, 1.82) is 0 Å². The molecule has 0 bridgehead atoms. The minimum Gasteiger partial charge on any atom is -0.480 e. The molecule has 5 nitrogen and oxygen atoms in total. The van der Waals surface area contributed by atoms with Gasteiger partial charge in [-0.1, -0.05) is 29.3 Å². The molecule has 0 heterocycles. The van der Waals surface area contributed by atoms with Gasteiger partial charge in [-0.05, 0) is 12.1 Å². The lowest BCUT2D eigenvalue weighted by Crippen LogP contribution is -2.32. The van der Waals surface area contributed by atoms with Crippen molar-refractivity contribution in [3.8, 4) is 0 Å². The Hall–Kier alpha value is -0.950. The van der Waals surface area contributed by atoms with E-state index in [2.05, 4.69) is 5.32 Å². The third kappa shape index (κ3) is 5.58. The molecule has 4 N–H and O–H groups in total. The Kier molecular flexibility index (Phi) is 7.15. The third-order valence-electron chi connectivity index (χ3n) is 2.32. The zero-order valence-electron chi connectivity index (χ0n) is 10.4. The maximum atomic E-state index is 11.7. The van der Waals surface area contributed by atoms with E-state index in [-0.39, 0.29) is 18.1 Å². The van der Waals surface area contributed by atoms with Crippen molar-refractivity contribution in [1.82, 2.24) is 0 Å². The second kappa shape index (κ2) is 8.36. The van der Waals surface area contributed by atoms with Gasteiger partial charge in [-0.2, -0.15) is 11.8 Å². The van der Waals surface area contributed by atoms with E-state index >= 15 is 0 Å². The van der Waals surface area contributed by atoms with Crippen LogP contribution in [0.5, 0.6) is 0 Å². The van der Waals surface area contributed by atoms with Crippen LogP contribution >= 0.6 is 35.0 Å². The first-order valence-electron chi connectivity index (χ1n) is 5.71. The Labute approximate surface area is 130 Å². The summed E-state index contributed by atoms with van der Waals surface area (Å²) >= 11 is 13.2. The number of anilines is 1. The molecule has 110 valence electrons. The predicted molar refractivity (Wildman–Crippen MR) is 82.6 cm³/mol. The van der Waals surface area contributed by atoms with E-state index in [1.54, 1.807) is 18.2 Å². The number of nitrogens with one attached hydrogen (secondary N) is 1. The van der Waals surface area contributed by atoms with Crippen LogP contribution in [-0.2, 0) is 9.59 Å². The summed E-state index contributed by atoms with van der Waals surface area (Å²) < 4.78 is 0. The highest BCUT2D eigenvalue weighted by Gasteiger charge is 2.12. The molecule has 0 radical (unpaired) electrons. The van der Waals surface area contributed by atoms with Crippen LogP contribution in [0.3, 0.4) is 0 Å². The molecule has 1 amide bonds. The van der Waals surface area contributed by atoms with E-state index in [0.29, 0.717) is 21.5 Å². The summed E-state index contributed by atoms with van der Waals surface area (Å²) in [6, 6.07) is 4.03. The monoisotopic (exact) mass is 336 g/mol. The number of benzene rings is 1. The first kappa shape index (κ1) is 17.1. The van der Waals surface area contributed by atoms with Crippen molar-refractivity contribution < 1.29 is 14.7 Å². The van der Waals surface area contributed by atoms with Gasteiger partial charge in [-0.3, -0.25) is 9.59 Å². The Balaban J connectivity index is 2.36. The molecule has 20 heavy (non-hydrogen) atoms. The number of thioether (sulfide) groups is 1. The van der Waals surface area contributed by atoms with Crippen LogP contribution in [0.25, 0.3) is 0 Å². The molecule has 0 aliphatic carbocycles. The van der Waals surface area contributed by atoms with Gasteiger partial charge in [0.1, 0.15) is 6.04 Å². The third-order valence-corrected chi connectivity index (χ3v) is 4.03. The maximum absolute atomic E-state index is 11.7. The van der Waals surface area contributed by atoms with Crippen molar-refractivity contribution in [2.45, 2.75) is 12.5 Å². The Morgan fingerprint density at radius 3 is 2.50 bits per heavy atom. The lowest BCUT2D eigenvalue weighted by atomic mass is 10.3. The minimum atomic E-state index is -1.05. The minimum absolute atomic E-state index is 0.221. The Bertz CT molecular complexity index is 479. The topological polar surface area (TPSA) is 92.4 Å². The average molecular weight is 337 g/mol. The maximum Gasteiger partial charge on any atom is 0.321 e. The molecule has 0 aliphatic rings. The summed E-state index contributed by atoms with van der Waals surface area (Å²) in [5, 5.41) is 12.0. The highest BCUT2D eigenvalue weighted by molar-refractivity contribution is 7.99. The van der Waals surface area contributed by atoms with Gasteiger partial charge >= 0.3 is 5.97 Å². The molecule has 0 fully saturated rings. The number of amides is 1. The van der Waals surface area contributed by atoms with Gasteiger partial charge in [0, 0.05) is 17.9 Å². The van der Waals surface area contributed by atoms with Crippen molar-refractivity contribution in [2.24, 2.45) is 5.73 Å². The smallest absolute Gasteiger partial charge is 0.321 e. The molecule has 1 aromatic rings. The summed E-state index contributed by atoms with van der Waals surface area (Å²) in [6.45, 7) is 0. The van der Waals surface area contributed by atoms with E-state index in [1.807, 2.05) is 0 Å². The fraction of sp³-hybridized carbons (Fsp3) is 0.333. The van der Waals surface area contributed by atoms with Crippen LogP contribution in [0.15, 0.2) is 18.2 Å². The molecule has 1 rings (SSSR count). The summed E-state index contributed by atoms with van der Waals surface area (Å²) in [4.78, 5) is 22.2. The van der Waals surface area contributed by atoms with Gasteiger partial charge in [-0.25, -0.2) is 0 Å². The van der Waals surface area contributed by atoms with Crippen molar-refractivity contribution >= 4 is 52.5 Å². The summed E-state index contributed by atoms with van der Waals surface area (Å²) in [5.74, 6) is -0.564. The number of carboxylic acid groups (broad SMARTS) is 1. The molecule has 8 heteroatoms. The highest BCUT2D eigenvalue weighted by Crippen LogP contribution is 2.29. The molecule has 0 aliphatic heterocycles.